The molecule has 0 spiro atoms. The summed E-state index contributed by atoms with van der Waals surface area (Å²) in [5.41, 5.74) is 3.47. The highest BCUT2D eigenvalue weighted by Gasteiger charge is 2.53. The number of fused-ring (bicyclic) bond motifs is 1. The Morgan fingerprint density at radius 3 is 3.05 bits per heavy atom. The zero-order chi connectivity index (χ0) is 15.2. The number of nitrogens with zero attached hydrogens (tertiary/aromatic N) is 1. The molecule has 2 fully saturated rings. The number of rotatable bonds is 3. The molecule has 0 unspecified atom stereocenters. The molecule has 120 valence electrons. The molecular formula is C19H27NO2. The highest BCUT2D eigenvalue weighted by Crippen LogP contribution is 2.56. The van der Waals surface area contributed by atoms with Crippen LogP contribution < -0.4 is 4.74 Å². The van der Waals surface area contributed by atoms with Crippen molar-refractivity contribution in [3.05, 3.63) is 29.3 Å². The van der Waals surface area contributed by atoms with Crippen molar-refractivity contribution in [3.63, 3.8) is 0 Å². The fourth-order valence-electron chi connectivity index (χ4n) is 5.60. The van der Waals surface area contributed by atoms with E-state index in [1.807, 2.05) is 0 Å². The van der Waals surface area contributed by atoms with E-state index < -0.39 is 0 Å². The summed E-state index contributed by atoms with van der Waals surface area (Å²) in [6.45, 7) is 2.26. The standard InChI is InChI=1S/C19H27NO2/c1-22-15-6-5-14-12-18-16-4-2-3-7-19(16,17(14)13-15)8-9-20(18)10-11-21/h5-6,13,16,18,21H,2-4,7-12H2,1H3/t16-,18-,19-/m1/s1. The van der Waals surface area contributed by atoms with E-state index in [9.17, 15) is 5.11 Å². The maximum Gasteiger partial charge on any atom is 0.119 e. The van der Waals surface area contributed by atoms with Gasteiger partial charge in [0.2, 0.25) is 0 Å². The van der Waals surface area contributed by atoms with Crippen LogP contribution in [0.15, 0.2) is 18.2 Å². The molecule has 1 aromatic rings. The monoisotopic (exact) mass is 301 g/mol. The average Bonchev–Trinajstić information content (AvgIpc) is 2.57. The zero-order valence-electron chi connectivity index (χ0n) is 13.6. The molecule has 2 aliphatic carbocycles. The van der Waals surface area contributed by atoms with E-state index in [4.69, 9.17) is 4.74 Å². The van der Waals surface area contributed by atoms with E-state index in [-0.39, 0.29) is 6.61 Å². The van der Waals surface area contributed by atoms with Crippen molar-refractivity contribution in [1.29, 1.82) is 0 Å². The summed E-state index contributed by atoms with van der Waals surface area (Å²) in [6, 6.07) is 7.36. The van der Waals surface area contributed by atoms with Crippen molar-refractivity contribution in [3.8, 4) is 5.75 Å². The van der Waals surface area contributed by atoms with Crippen molar-refractivity contribution in [1.82, 2.24) is 4.90 Å². The van der Waals surface area contributed by atoms with Crippen LogP contribution in [0.1, 0.15) is 43.2 Å². The third-order valence-corrected chi connectivity index (χ3v) is 6.55. The Labute approximate surface area is 133 Å². The van der Waals surface area contributed by atoms with Gasteiger partial charge in [0.1, 0.15) is 5.75 Å². The second-order valence-corrected chi connectivity index (χ2v) is 7.31. The van der Waals surface area contributed by atoms with E-state index in [0.29, 0.717) is 11.5 Å². The SMILES string of the molecule is COc1ccc2c(c1)[C@@]13CCCC[C@@H]1[C@@H](C2)N(CCO)CC3. The number of aliphatic hydroxyl groups excluding tert-OH is 1. The molecule has 3 atom stereocenters. The molecule has 1 aliphatic heterocycles. The van der Waals surface area contributed by atoms with Gasteiger partial charge in [0.05, 0.1) is 13.7 Å². The van der Waals surface area contributed by atoms with E-state index >= 15 is 0 Å². The highest BCUT2D eigenvalue weighted by atomic mass is 16.5. The minimum absolute atomic E-state index is 0.283. The Morgan fingerprint density at radius 2 is 2.23 bits per heavy atom. The highest BCUT2D eigenvalue weighted by molar-refractivity contribution is 5.45. The van der Waals surface area contributed by atoms with Crippen LogP contribution in [0.3, 0.4) is 0 Å². The third-order valence-electron chi connectivity index (χ3n) is 6.55. The van der Waals surface area contributed by atoms with Gasteiger partial charge in [-0.2, -0.15) is 0 Å². The van der Waals surface area contributed by atoms with Gasteiger partial charge in [-0.1, -0.05) is 18.9 Å². The average molecular weight is 301 g/mol. The molecular weight excluding hydrogens is 274 g/mol. The summed E-state index contributed by atoms with van der Waals surface area (Å²) in [4.78, 5) is 2.56. The second-order valence-electron chi connectivity index (χ2n) is 7.31. The van der Waals surface area contributed by atoms with Crippen LogP contribution in [0.4, 0.5) is 0 Å². The van der Waals surface area contributed by atoms with Gasteiger partial charge in [-0.15, -0.1) is 0 Å². The number of methoxy groups -OCH3 is 1. The van der Waals surface area contributed by atoms with Crippen LogP contribution in [0.2, 0.25) is 0 Å². The van der Waals surface area contributed by atoms with Crippen LogP contribution in [0.5, 0.6) is 5.75 Å². The summed E-state index contributed by atoms with van der Waals surface area (Å²) >= 11 is 0. The first-order valence-corrected chi connectivity index (χ1v) is 8.81. The lowest BCUT2D eigenvalue weighted by molar-refractivity contribution is -0.0176. The van der Waals surface area contributed by atoms with E-state index in [0.717, 1.165) is 31.2 Å². The first-order chi connectivity index (χ1) is 10.8. The van der Waals surface area contributed by atoms with Crippen molar-refractivity contribution in [2.75, 3.05) is 26.8 Å². The Kier molecular flexibility index (Phi) is 3.66. The number of aliphatic hydroxyl groups is 1. The summed E-state index contributed by atoms with van der Waals surface area (Å²) in [5.74, 6) is 1.77. The molecule has 2 bridgehead atoms. The molecule has 1 heterocycles. The van der Waals surface area contributed by atoms with Crippen molar-refractivity contribution >= 4 is 0 Å². The minimum atomic E-state index is 0.283. The van der Waals surface area contributed by atoms with Gasteiger partial charge in [0, 0.05) is 18.0 Å². The first-order valence-electron chi connectivity index (χ1n) is 8.81. The Morgan fingerprint density at radius 1 is 1.32 bits per heavy atom. The number of hydrogen-bond acceptors (Lipinski definition) is 3. The minimum Gasteiger partial charge on any atom is -0.497 e. The Hall–Kier alpha value is -1.06. The van der Waals surface area contributed by atoms with E-state index in [2.05, 4.69) is 23.1 Å². The van der Waals surface area contributed by atoms with Crippen LogP contribution in [-0.2, 0) is 11.8 Å². The summed E-state index contributed by atoms with van der Waals surface area (Å²) in [7, 11) is 1.77. The maximum atomic E-state index is 9.42. The fourth-order valence-corrected chi connectivity index (χ4v) is 5.60. The van der Waals surface area contributed by atoms with E-state index in [1.165, 1.54) is 37.7 Å². The van der Waals surface area contributed by atoms with Gasteiger partial charge in [-0.25, -0.2) is 0 Å². The molecule has 3 heteroatoms. The summed E-state index contributed by atoms with van der Waals surface area (Å²) < 4.78 is 5.51. The van der Waals surface area contributed by atoms with Crippen LogP contribution in [0.25, 0.3) is 0 Å². The van der Waals surface area contributed by atoms with Crippen molar-refractivity contribution < 1.29 is 9.84 Å². The van der Waals surface area contributed by atoms with Gasteiger partial charge >= 0.3 is 0 Å². The van der Waals surface area contributed by atoms with Gasteiger partial charge < -0.3 is 9.84 Å². The number of hydrogen-bond donors (Lipinski definition) is 1. The molecule has 1 aromatic carbocycles. The van der Waals surface area contributed by atoms with Crippen LogP contribution in [0, 0.1) is 5.92 Å². The molecule has 1 N–H and O–H groups in total. The van der Waals surface area contributed by atoms with Gasteiger partial charge in [0.25, 0.3) is 0 Å². The fraction of sp³-hybridized carbons (Fsp3) is 0.684. The van der Waals surface area contributed by atoms with Crippen LogP contribution in [-0.4, -0.2) is 42.9 Å². The number of likely N-dealkylation sites (tertiary alicyclic amines) is 1. The molecule has 3 aliphatic rings. The van der Waals surface area contributed by atoms with Gasteiger partial charge in [-0.3, -0.25) is 4.90 Å². The van der Waals surface area contributed by atoms with Crippen molar-refractivity contribution in [2.24, 2.45) is 5.92 Å². The molecule has 3 nitrogen and oxygen atoms in total. The lowest BCUT2D eigenvalue weighted by atomic mass is 9.52. The Balaban J connectivity index is 1.80. The van der Waals surface area contributed by atoms with Crippen molar-refractivity contribution in [2.45, 2.75) is 50.0 Å². The molecule has 0 aromatic heterocycles. The smallest absolute Gasteiger partial charge is 0.119 e. The molecule has 4 rings (SSSR count). The molecule has 22 heavy (non-hydrogen) atoms. The maximum absolute atomic E-state index is 9.42. The van der Waals surface area contributed by atoms with Crippen LogP contribution >= 0.6 is 0 Å². The summed E-state index contributed by atoms with van der Waals surface area (Å²) in [5, 5.41) is 9.42. The zero-order valence-corrected chi connectivity index (χ0v) is 13.6. The lowest BCUT2D eigenvalue weighted by Gasteiger charge is -2.59. The van der Waals surface area contributed by atoms with Gasteiger partial charge in [0.15, 0.2) is 0 Å². The summed E-state index contributed by atoms with van der Waals surface area (Å²) in [6.07, 6.45) is 7.81. The molecule has 0 amide bonds. The largest absolute Gasteiger partial charge is 0.497 e. The topological polar surface area (TPSA) is 32.7 Å². The number of β-amino-alcohol motifs (C(OH)–C–C–N with tert-alkyl or cyclic N) is 1. The molecule has 1 saturated carbocycles. The molecule has 1 saturated heterocycles. The quantitative estimate of drug-likeness (QED) is 0.932. The number of ether oxygens (including phenoxy) is 1. The lowest BCUT2D eigenvalue weighted by Crippen LogP contribution is -2.61. The predicted octanol–water partition coefficient (Wildman–Crippen LogP) is 2.75. The Bertz CT molecular complexity index is 558. The predicted molar refractivity (Wildman–Crippen MR) is 87.4 cm³/mol. The molecule has 0 radical (unpaired) electrons. The normalized spacial score (nSPS) is 33.9. The van der Waals surface area contributed by atoms with E-state index in [1.54, 1.807) is 12.7 Å². The third kappa shape index (κ3) is 2.02. The number of benzene rings is 1. The first kappa shape index (κ1) is 14.5. The second kappa shape index (κ2) is 5.54. The number of piperidine rings is 1. The van der Waals surface area contributed by atoms with Gasteiger partial charge in [-0.05, 0) is 61.4 Å².